The molecule has 6 nitrogen and oxygen atoms in total. The number of hydrogen-bond acceptors (Lipinski definition) is 3. The molecular weight excluding hydrogens is 550 g/mol. The lowest BCUT2D eigenvalue weighted by molar-refractivity contribution is 0.138. The number of benzene rings is 3. The van der Waals surface area contributed by atoms with Crippen molar-refractivity contribution >= 4 is 28.4 Å². The van der Waals surface area contributed by atoms with Gasteiger partial charge in [0.05, 0.1) is 17.1 Å². The molecule has 0 aliphatic carbocycles. The minimum atomic E-state index is -0.00965. The zero-order valence-electron chi connectivity index (χ0n) is 25.6. The summed E-state index contributed by atoms with van der Waals surface area (Å²) in [7, 11) is 0. The lowest BCUT2D eigenvalue weighted by Crippen LogP contribution is -2.46. The van der Waals surface area contributed by atoms with Gasteiger partial charge in [-0.25, -0.2) is 4.79 Å². The molecule has 0 radical (unpaired) electrons. The van der Waals surface area contributed by atoms with E-state index in [4.69, 9.17) is 12.2 Å². The van der Waals surface area contributed by atoms with Crippen LogP contribution in [-0.2, 0) is 6.54 Å². The Morgan fingerprint density at radius 3 is 1.98 bits per heavy atom. The molecule has 2 saturated heterocycles. The average Bonchev–Trinajstić information content (AvgIpc) is 3.31. The van der Waals surface area contributed by atoms with E-state index in [1.165, 1.54) is 30.6 Å². The summed E-state index contributed by atoms with van der Waals surface area (Å²) in [5, 5.41) is 4.43. The van der Waals surface area contributed by atoms with Gasteiger partial charge in [-0.1, -0.05) is 86.6 Å². The summed E-state index contributed by atoms with van der Waals surface area (Å²) in [6, 6.07) is 29.5. The van der Waals surface area contributed by atoms with Crippen LogP contribution in [0.25, 0.3) is 11.0 Å². The summed E-state index contributed by atoms with van der Waals surface area (Å²) >= 11 is 5.97. The van der Waals surface area contributed by atoms with Gasteiger partial charge in [-0.3, -0.25) is 9.13 Å². The van der Waals surface area contributed by atoms with Gasteiger partial charge >= 0.3 is 5.69 Å². The first-order chi connectivity index (χ1) is 21.0. The van der Waals surface area contributed by atoms with Crippen molar-refractivity contribution in [3.63, 3.8) is 0 Å². The van der Waals surface area contributed by atoms with Gasteiger partial charge in [-0.15, -0.1) is 0 Å². The van der Waals surface area contributed by atoms with Gasteiger partial charge in [0.1, 0.15) is 0 Å². The van der Waals surface area contributed by atoms with Gasteiger partial charge in [0.2, 0.25) is 0 Å². The first-order valence-electron chi connectivity index (χ1n) is 16.1. The molecular formula is C36H45N5OS. The van der Waals surface area contributed by atoms with E-state index >= 15 is 0 Å². The highest BCUT2D eigenvalue weighted by Crippen LogP contribution is 2.28. The predicted octanol–water partition coefficient (Wildman–Crippen LogP) is 6.47. The Bertz CT molecular complexity index is 1510. The molecule has 226 valence electrons. The molecule has 0 saturated carbocycles. The van der Waals surface area contributed by atoms with Crippen molar-refractivity contribution < 1.29 is 0 Å². The number of likely N-dealkylation sites (tertiary alicyclic amines) is 2. The Morgan fingerprint density at radius 1 is 0.814 bits per heavy atom. The van der Waals surface area contributed by atoms with Crippen LogP contribution in [0.2, 0.25) is 0 Å². The highest BCUT2D eigenvalue weighted by molar-refractivity contribution is 7.80. The SMILES string of the molecule is CC1CC(C)CN(CCCn2c(=O)n(C3CCN(C(=S)NC(c4ccccc4)c4ccccc4)CC3)c3ccccc32)C1. The Labute approximate surface area is 261 Å². The van der Waals surface area contributed by atoms with Crippen LogP contribution in [0.1, 0.15) is 62.7 Å². The number of thiocarbonyl (C=S) groups is 1. The quantitative estimate of drug-likeness (QED) is 0.237. The molecule has 7 heteroatoms. The van der Waals surface area contributed by atoms with Crippen molar-refractivity contribution in [3.05, 3.63) is 107 Å². The van der Waals surface area contributed by atoms with Gasteiger partial charge in [-0.2, -0.15) is 0 Å². The minimum absolute atomic E-state index is 0.00965. The summed E-state index contributed by atoms with van der Waals surface area (Å²) in [5.41, 5.74) is 4.62. The molecule has 3 heterocycles. The van der Waals surface area contributed by atoms with Crippen molar-refractivity contribution in [1.82, 2.24) is 24.3 Å². The van der Waals surface area contributed by atoms with Crippen LogP contribution in [0.5, 0.6) is 0 Å². The number of nitrogens with one attached hydrogen (secondary N) is 1. The van der Waals surface area contributed by atoms with E-state index in [0.29, 0.717) is 0 Å². The van der Waals surface area contributed by atoms with Crippen LogP contribution in [0.3, 0.4) is 0 Å². The fraction of sp³-hybridized carbons (Fsp3) is 0.444. The third-order valence-corrected chi connectivity index (χ3v) is 9.70. The van der Waals surface area contributed by atoms with Crippen LogP contribution in [-0.4, -0.2) is 56.8 Å². The number of piperidine rings is 2. The minimum Gasteiger partial charge on any atom is -0.352 e. The van der Waals surface area contributed by atoms with Crippen molar-refractivity contribution in [2.24, 2.45) is 11.8 Å². The fourth-order valence-corrected chi connectivity index (χ4v) is 7.72. The van der Waals surface area contributed by atoms with E-state index in [1.807, 2.05) is 16.7 Å². The lowest BCUT2D eigenvalue weighted by atomic mass is 9.92. The number of aryl methyl sites for hydroxylation is 1. The van der Waals surface area contributed by atoms with Crippen molar-refractivity contribution in [2.45, 2.75) is 58.2 Å². The number of nitrogens with zero attached hydrogens (tertiary/aromatic N) is 4. The largest absolute Gasteiger partial charge is 0.352 e. The molecule has 0 bridgehead atoms. The highest BCUT2D eigenvalue weighted by Gasteiger charge is 2.28. The zero-order chi connectivity index (χ0) is 29.8. The second kappa shape index (κ2) is 13.5. The maximum absolute atomic E-state index is 13.9. The highest BCUT2D eigenvalue weighted by atomic mass is 32.1. The normalized spacial score (nSPS) is 20.1. The Morgan fingerprint density at radius 2 is 1.37 bits per heavy atom. The first-order valence-corrected chi connectivity index (χ1v) is 16.5. The van der Waals surface area contributed by atoms with Crippen molar-refractivity contribution in [1.29, 1.82) is 0 Å². The van der Waals surface area contributed by atoms with Gasteiger partial charge in [0, 0.05) is 38.8 Å². The van der Waals surface area contributed by atoms with E-state index in [0.717, 1.165) is 73.4 Å². The Balaban J connectivity index is 1.12. The van der Waals surface area contributed by atoms with E-state index in [-0.39, 0.29) is 17.8 Å². The number of rotatable bonds is 8. The topological polar surface area (TPSA) is 45.4 Å². The molecule has 43 heavy (non-hydrogen) atoms. The molecule has 2 atom stereocenters. The number of imidazole rings is 1. The average molecular weight is 596 g/mol. The summed E-state index contributed by atoms with van der Waals surface area (Å²) in [6.45, 7) is 10.5. The Kier molecular flexibility index (Phi) is 9.29. The number of fused-ring (bicyclic) bond motifs is 1. The van der Waals surface area contributed by atoms with Crippen LogP contribution in [0.15, 0.2) is 89.7 Å². The monoisotopic (exact) mass is 595 g/mol. The van der Waals surface area contributed by atoms with Crippen LogP contribution < -0.4 is 11.0 Å². The first kappa shape index (κ1) is 29.6. The van der Waals surface area contributed by atoms with Crippen molar-refractivity contribution in [2.75, 3.05) is 32.7 Å². The summed E-state index contributed by atoms with van der Waals surface area (Å²) in [6.07, 6.45) is 4.10. The van der Waals surface area contributed by atoms with Gasteiger partial charge in [0.25, 0.3) is 0 Å². The third kappa shape index (κ3) is 6.73. The molecule has 0 spiro atoms. The van der Waals surface area contributed by atoms with Crippen LogP contribution >= 0.6 is 12.2 Å². The number of aromatic nitrogens is 2. The third-order valence-electron chi connectivity index (χ3n) is 9.32. The number of hydrogen-bond donors (Lipinski definition) is 1. The fourth-order valence-electron chi connectivity index (χ4n) is 7.42. The van der Waals surface area contributed by atoms with E-state index in [9.17, 15) is 4.79 Å². The van der Waals surface area contributed by atoms with E-state index < -0.39 is 0 Å². The molecule has 1 aromatic heterocycles. The van der Waals surface area contributed by atoms with E-state index in [1.54, 1.807) is 0 Å². The standard InChI is InChI=1S/C36H45N5OS/c1-27-24-28(2)26-38(25-27)20-11-21-40-32-16-9-10-17-33(32)41(36(40)42)31-18-22-39(23-19-31)35(43)37-34(29-12-5-3-6-13-29)30-14-7-4-8-15-30/h3-10,12-17,27-28,31,34H,11,18-26H2,1-2H3,(H,37,43). The second-order valence-electron chi connectivity index (χ2n) is 12.8. The molecule has 1 N–H and O–H groups in total. The molecule has 0 amide bonds. The Hall–Kier alpha value is -3.42. The summed E-state index contributed by atoms with van der Waals surface area (Å²) in [4.78, 5) is 18.8. The lowest BCUT2D eigenvalue weighted by Gasteiger charge is -2.36. The van der Waals surface area contributed by atoms with Crippen molar-refractivity contribution in [3.8, 4) is 0 Å². The van der Waals surface area contributed by atoms with Gasteiger partial charge < -0.3 is 15.1 Å². The van der Waals surface area contributed by atoms with Crippen LogP contribution in [0.4, 0.5) is 0 Å². The smallest absolute Gasteiger partial charge is 0.329 e. The molecule has 6 rings (SSSR count). The molecule has 3 aromatic carbocycles. The number of para-hydroxylation sites is 2. The molecule has 2 aliphatic heterocycles. The molecule has 2 aliphatic rings. The molecule has 2 fully saturated rings. The maximum atomic E-state index is 13.9. The molecule has 4 aromatic rings. The van der Waals surface area contributed by atoms with E-state index in [2.05, 4.69) is 106 Å². The molecule has 2 unspecified atom stereocenters. The van der Waals surface area contributed by atoms with Gasteiger partial charge in [0.15, 0.2) is 5.11 Å². The van der Waals surface area contributed by atoms with Gasteiger partial charge in [-0.05, 0) is 79.5 Å². The zero-order valence-corrected chi connectivity index (χ0v) is 26.4. The maximum Gasteiger partial charge on any atom is 0.329 e. The van der Waals surface area contributed by atoms with Crippen LogP contribution in [0, 0.1) is 11.8 Å². The second-order valence-corrected chi connectivity index (χ2v) is 13.2. The summed E-state index contributed by atoms with van der Waals surface area (Å²) < 4.78 is 4.10. The predicted molar refractivity (Wildman–Crippen MR) is 181 cm³/mol. The summed E-state index contributed by atoms with van der Waals surface area (Å²) in [5.74, 6) is 1.51.